The molecule has 0 aromatic heterocycles. The summed E-state index contributed by atoms with van der Waals surface area (Å²) in [6, 6.07) is 14.5. The van der Waals surface area contributed by atoms with Gasteiger partial charge in [0.15, 0.2) is 17.7 Å². The van der Waals surface area contributed by atoms with E-state index < -0.39 is 11.9 Å². The van der Waals surface area contributed by atoms with Crippen molar-refractivity contribution in [2.24, 2.45) is 0 Å². The van der Waals surface area contributed by atoms with Crippen LogP contribution >= 0.6 is 0 Å². The van der Waals surface area contributed by atoms with Crippen LogP contribution in [0.2, 0.25) is 0 Å². The van der Waals surface area contributed by atoms with Gasteiger partial charge in [-0.3, -0.25) is 4.79 Å². The number of carbonyl (C=O) groups is 1. The summed E-state index contributed by atoms with van der Waals surface area (Å²) in [5, 5.41) is 2.87. The zero-order valence-electron chi connectivity index (χ0n) is 14.2. The second kappa shape index (κ2) is 9.06. The van der Waals surface area contributed by atoms with Gasteiger partial charge >= 0.3 is 0 Å². The Morgan fingerprint density at radius 3 is 2.71 bits per heavy atom. The lowest BCUT2D eigenvalue weighted by Crippen LogP contribution is -2.38. The number of amides is 1. The molecular weight excluding hydrogens is 305 g/mol. The van der Waals surface area contributed by atoms with Gasteiger partial charge in [-0.05, 0) is 43.9 Å². The molecule has 3 nitrogen and oxygen atoms in total. The minimum absolute atomic E-state index is 0.110. The summed E-state index contributed by atoms with van der Waals surface area (Å²) in [4.78, 5) is 12.2. The molecule has 0 aliphatic heterocycles. The number of benzene rings is 2. The van der Waals surface area contributed by atoms with Gasteiger partial charge < -0.3 is 10.1 Å². The number of halogens is 1. The molecule has 2 aromatic carbocycles. The molecule has 0 aliphatic carbocycles. The molecule has 0 bridgehead atoms. The molecule has 1 N–H and O–H groups in total. The van der Waals surface area contributed by atoms with Crippen LogP contribution in [0.4, 0.5) is 4.39 Å². The minimum Gasteiger partial charge on any atom is -0.478 e. The van der Waals surface area contributed by atoms with Gasteiger partial charge in [0.25, 0.3) is 5.91 Å². The highest BCUT2D eigenvalue weighted by Crippen LogP contribution is 2.18. The third-order valence-corrected chi connectivity index (χ3v) is 3.79. The molecule has 2 rings (SSSR count). The van der Waals surface area contributed by atoms with Crippen LogP contribution in [0.15, 0.2) is 48.5 Å². The van der Waals surface area contributed by atoms with E-state index in [1.54, 1.807) is 12.1 Å². The molecule has 1 atom stereocenters. The van der Waals surface area contributed by atoms with Crippen LogP contribution in [0, 0.1) is 12.7 Å². The first kappa shape index (κ1) is 18.0. The number of ether oxygens (including phenoxy) is 1. The van der Waals surface area contributed by atoms with Crippen molar-refractivity contribution in [1.29, 1.82) is 0 Å². The highest BCUT2D eigenvalue weighted by atomic mass is 19.1. The third kappa shape index (κ3) is 5.37. The van der Waals surface area contributed by atoms with Crippen molar-refractivity contribution >= 4 is 5.91 Å². The largest absolute Gasteiger partial charge is 0.478 e. The summed E-state index contributed by atoms with van der Waals surface area (Å²) in [6.07, 6.45) is 1.57. The molecule has 0 heterocycles. The van der Waals surface area contributed by atoms with Crippen LogP contribution in [0.25, 0.3) is 0 Å². The Morgan fingerprint density at radius 2 is 2.00 bits per heavy atom. The highest BCUT2D eigenvalue weighted by Gasteiger charge is 2.19. The van der Waals surface area contributed by atoms with Crippen molar-refractivity contribution in [1.82, 2.24) is 5.32 Å². The molecular formula is C20H24FNO2. The zero-order valence-corrected chi connectivity index (χ0v) is 14.2. The maximum Gasteiger partial charge on any atom is 0.261 e. The molecule has 0 radical (unpaired) electrons. The van der Waals surface area contributed by atoms with E-state index in [1.807, 2.05) is 13.0 Å². The van der Waals surface area contributed by atoms with Gasteiger partial charge in [0, 0.05) is 6.54 Å². The van der Waals surface area contributed by atoms with Gasteiger partial charge in [0.2, 0.25) is 0 Å². The summed E-state index contributed by atoms with van der Waals surface area (Å²) in [5.74, 6) is -0.549. The molecule has 1 amide bonds. The lowest BCUT2D eigenvalue weighted by molar-refractivity contribution is -0.128. The van der Waals surface area contributed by atoms with Crippen molar-refractivity contribution in [3.05, 3.63) is 65.5 Å². The summed E-state index contributed by atoms with van der Waals surface area (Å²) >= 11 is 0. The van der Waals surface area contributed by atoms with Crippen molar-refractivity contribution in [3.8, 4) is 5.75 Å². The fourth-order valence-corrected chi connectivity index (χ4v) is 2.50. The van der Waals surface area contributed by atoms with Gasteiger partial charge in [-0.15, -0.1) is 0 Å². The predicted molar refractivity (Wildman–Crippen MR) is 93.6 cm³/mol. The Hall–Kier alpha value is -2.36. The van der Waals surface area contributed by atoms with E-state index in [-0.39, 0.29) is 11.7 Å². The Morgan fingerprint density at radius 1 is 1.21 bits per heavy atom. The van der Waals surface area contributed by atoms with E-state index in [4.69, 9.17) is 4.74 Å². The van der Waals surface area contributed by atoms with E-state index in [0.29, 0.717) is 13.0 Å². The molecule has 0 spiro atoms. The van der Waals surface area contributed by atoms with Crippen LogP contribution in [-0.2, 0) is 11.2 Å². The van der Waals surface area contributed by atoms with Gasteiger partial charge in [0.1, 0.15) is 0 Å². The molecule has 0 fully saturated rings. The van der Waals surface area contributed by atoms with Crippen molar-refractivity contribution in [2.75, 3.05) is 6.54 Å². The van der Waals surface area contributed by atoms with Crippen LogP contribution in [0.3, 0.4) is 0 Å². The van der Waals surface area contributed by atoms with E-state index >= 15 is 0 Å². The number of rotatable bonds is 8. The monoisotopic (exact) mass is 329 g/mol. The van der Waals surface area contributed by atoms with Gasteiger partial charge in [-0.25, -0.2) is 4.39 Å². The molecule has 4 heteroatoms. The van der Waals surface area contributed by atoms with Gasteiger partial charge in [-0.2, -0.15) is 0 Å². The number of aryl methyl sites for hydroxylation is 2. The van der Waals surface area contributed by atoms with Crippen molar-refractivity contribution in [2.45, 2.75) is 39.2 Å². The average molecular weight is 329 g/mol. The standard InChI is InChI=1S/C20H24FNO2/c1-3-18(24-19-12-5-4-11-17(19)21)20(23)22-13-7-10-16-9-6-8-15(2)14-16/h4-6,8-9,11-12,14,18H,3,7,10,13H2,1-2H3,(H,22,23)/t18-/m1/s1. The fourth-order valence-electron chi connectivity index (χ4n) is 2.50. The molecule has 0 saturated carbocycles. The minimum atomic E-state index is -0.680. The van der Waals surface area contributed by atoms with E-state index in [1.165, 1.54) is 23.3 Å². The summed E-state index contributed by atoms with van der Waals surface area (Å²) < 4.78 is 19.1. The zero-order chi connectivity index (χ0) is 17.4. The SMILES string of the molecule is CC[C@@H](Oc1ccccc1F)C(=O)NCCCc1cccc(C)c1. The number of para-hydroxylation sites is 1. The van der Waals surface area contributed by atoms with E-state index in [0.717, 1.165) is 12.8 Å². The van der Waals surface area contributed by atoms with Crippen LogP contribution in [0.1, 0.15) is 30.9 Å². The van der Waals surface area contributed by atoms with E-state index in [9.17, 15) is 9.18 Å². The Balaban J connectivity index is 1.78. The van der Waals surface area contributed by atoms with Crippen LogP contribution in [0.5, 0.6) is 5.75 Å². The smallest absolute Gasteiger partial charge is 0.261 e. The maximum atomic E-state index is 13.6. The van der Waals surface area contributed by atoms with Crippen LogP contribution in [-0.4, -0.2) is 18.6 Å². The average Bonchev–Trinajstić information content (AvgIpc) is 2.58. The Labute approximate surface area is 142 Å². The highest BCUT2D eigenvalue weighted by molar-refractivity contribution is 5.81. The first-order valence-corrected chi connectivity index (χ1v) is 8.34. The molecule has 0 aliphatic rings. The third-order valence-electron chi connectivity index (χ3n) is 3.79. The number of nitrogens with one attached hydrogen (secondary N) is 1. The normalized spacial score (nSPS) is 11.8. The number of hydrogen-bond acceptors (Lipinski definition) is 2. The Bertz CT molecular complexity index is 672. The van der Waals surface area contributed by atoms with E-state index in [2.05, 4.69) is 30.4 Å². The van der Waals surface area contributed by atoms with Gasteiger partial charge in [0.05, 0.1) is 0 Å². The van der Waals surface area contributed by atoms with Crippen molar-refractivity contribution < 1.29 is 13.9 Å². The number of carbonyl (C=O) groups excluding carboxylic acids is 1. The number of hydrogen-bond donors (Lipinski definition) is 1. The maximum absolute atomic E-state index is 13.6. The molecule has 128 valence electrons. The van der Waals surface area contributed by atoms with Crippen molar-refractivity contribution in [3.63, 3.8) is 0 Å². The second-order valence-electron chi connectivity index (χ2n) is 5.83. The first-order valence-electron chi connectivity index (χ1n) is 8.34. The summed E-state index contributed by atoms with van der Waals surface area (Å²) in [5.41, 5.74) is 2.50. The fraction of sp³-hybridized carbons (Fsp3) is 0.350. The molecule has 24 heavy (non-hydrogen) atoms. The predicted octanol–water partition coefficient (Wildman–Crippen LogP) is 4.04. The summed E-state index contributed by atoms with van der Waals surface area (Å²) in [7, 11) is 0. The summed E-state index contributed by atoms with van der Waals surface area (Å²) in [6.45, 7) is 4.49. The van der Waals surface area contributed by atoms with Gasteiger partial charge in [-0.1, -0.05) is 48.9 Å². The lowest BCUT2D eigenvalue weighted by atomic mass is 10.1. The first-order chi connectivity index (χ1) is 11.6. The molecule has 0 saturated heterocycles. The molecule has 2 aromatic rings. The Kier molecular flexibility index (Phi) is 6.79. The lowest BCUT2D eigenvalue weighted by Gasteiger charge is -2.17. The topological polar surface area (TPSA) is 38.3 Å². The van der Waals surface area contributed by atoms with Crippen LogP contribution < -0.4 is 10.1 Å². The molecule has 0 unspecified atom stereocenters. The second-order valence-corrected chi connectivity index (χ2v) is 5.83. The quantitative estimate of drug-likeness (QED) is 0.742.